The van der Waals surface area contributed by atoms with Crippen molar-refractivity contribution in [3.63, 3.8) is 0 Å². The van der Waals surface area contributed by atoms with Gasteiger partial charge in [-0.1, -0.05) is 34.1 Å². The van der Waals surface area contributed by atoms with Gasteiger partial charge in [0.2, 0.25) is 0 Å². The maximum absolute atomic E-state index is 6.03. The lowest BCUT2D eigenvalue weighted by Crippen LogP contribution is -2.34. The van der Waals surface area contributed by atoms with Crippen LogP contribution in [0.25, 0.3) is 0 Å². The summed E-state index contributed by atoms with van der Waals surface area (Å²) in [4.78, 5) is 2.42. The predicted molar refractivity (Wildman–Crippen MR) is 89.5 cm³/mol. The molecule has 2 N–H and O–H groups in total. The Balaban J connectivity index is 1.53. The lowest BCUT2D eigenvalue weighted by Gasteiger charge is -2.29. The molecular weight excluding hydrogens is 328 g/mol. The number of anilines is 1. The molecule has 2 aromatic rings. The number of benzene rings is 2. The minimum Gasteiger partial charge on any atom is -0.492 e. The Hall–Kier alpha value is -1.52. The summed E-state index contributed by atoms with van der Waals surface area (Å²) in [7, 11) is 0. The van der Waals surface area contributed by atoms with Crippen molar-refractivity contribution in [1.82, 2.24) is 4.90 Å². The van der Waals surface area contributed by atoms with E-state index in [1.807, 2.05) is 36.4 Å². The van der Waals surface area contributed by atoms with Crippen molar-refractivity contribution in [2.75, 3.05) is 25.4 Å². The molecule has 0 aromatic heterocycles. The first-order valence-corrected chi connectivity index (χ1v) is 7.98. The zero-order valence-electron chi connectivity index (χ0n) is 11.9. The summed E-state index contributed by atoms with van der Waals surface area (Å²) in [6.45, 7) is 3.64. The van der Waals surface area contributed by atoms with Crippen LogP contribution >= 0.6 is 15.9 Å². The van der Waals surface area contributed by atoms with Crippen molar-refractivity contribution < 1.29 is 4.74 Å². The average Bonchev–Trinajstić information content (AvgIpc) is 2.47. The second-order valence-corrected chi connectivity index (χ2v) is 6.23. The average molecular weight is 347 g/mol. The highest BCUT2D eigenvalue weighted by Crippen LogP contribution is 2.24. The van der Waals surface area contributed by atoms with Gasteiger partial charge in [-0.05, 0) is 41.8 Å². The Labute approximate surface area is 133 Å². The highest BCUT2D eigenvalue weighted by Gasteiger charge is 2.17. The van der Waals surface area contributed by atoms with Gasteiger partial charge in [-0.2, -0.15) is 0 Å². The second-order valence-electron chi connectivity index (χ2n) is 5.32. The van der Waals surface area contributed by atoms with E-state index in [4.69, 9.17) is 10.5 Å². The highest BCUT2D eigenvalue weighted by atomic mass is 79.9. The lowest BCUT2D eigenvalue weighted by molar-refractivity contribution is 0.196. The minimum absolute atomic E-state index is 0.702. The van der Waals surface area contributed by atoms with Crippen LogP contribution in [-0.2, 0) is 13.0 Å². The molecule has 0 amide bonds. The second kappa shape index (κ2) is 6.50. The number of nitrogen functional groups attached to an aromatic ring is 1. The summed E-state index contributed by atoms with van der Waals surface area (Å²) in [6, 6.07) is 14.2. The van der Waals surface area contributed by atoms with Crippen LogP contribution < -0.4 is 10.5 Å². The summed E-state index contributed by atoms with van der Waals surface area (Å²) in [5.41, 5.74) is 9.63. The predicted octanol–water partition coefficient (Wildman–Crippen LogP) is 3.47. The lowest BCUT2D eigenvalue weighted by atomic mass is 9.98. The fraction of sp³-hybridized carbons (Fsp3) is 0.294. The van der Waals surface area contributed by atoms with Crippen molar-refractivity contribution in [3.05, 3.63) is 58.1 Å². The number of ether oxygens (including phenoxy) is 1. The molecule has 2 aromatic carbocycles. The molecule has 0 fully saturated rings. The normalized spacial score (nSPS) is 14.7. The Bertz CT molecular complexity index is 630. The van der Waals surface area contributed by atoms with Crippen molar-refractivity contribution >= 4 is 21.6 Å². The fourth-order valence-corrected chi connectivity index (χ4v) is 3.12. The van der Waals surface area contributed by atoms with Crippen LogP contribution in [0.15, 0.2) is 46.9 Å². The Kier molecular flexibility index (Phi) is 4.46. The summed E-state index contributed by atoms with van der Waals surface area (Å²) in [6.07, 6.45) is 1.03. The van der Waals surface area contributed by atoms with E-state index in [-0.39, 0.29) is 0 Å². The SMILES string of the molecule is Nc1cccc2c1CCN(CCOc1cccc(Br)c1)C2. The van der Waals surface area contributed by atoms with Gasteiger partial charge in [-0.3, -0.25) is 4.90 Å². The molecule has 4 heteroatoms. The molecule has 1 aliphatic heterocycles. The first-order chi connectivity index (χ1) is 10.2. The van der Waals surface area contributed by atoms with E-state index in [1.165, 1.54) is 11.1 Å². The topological polar surface area (TPSA) is 38.5 Å². The van der Waals surface area contributed by atoms with E-state index in [0.717, 1.165) is 42.0 Å². The zero-order valence-corrected chi connectivity index (χ0v) is 13.5. The molecule has 1 aliphatic rings. The van der Waals surface area contributed by atoms with Crippen molar-refractivity contribution in [3.8, 4) is 5.75 Å². The number of rotatable bonds is 4. The van der Waals surface area contributed by atoms with E-state index in [9.17, 15) is 0 Å². The van der Waals surface area contributed by atoms with Gasteiger partial charge >= 0.3 is 0 Å². The fourth-order valence-electron chi connectivity index (χ4n) is 2.74. The number of hydrogen-bond acceptors (Lipinski definition) is 3. The van der Waals surface area contributed by atoms with E-state index in [0.29, 0.717) is 6.61 Å². The molecule has 0 saturated heterocycles. The van der Waals surface area contributed by atoms with Crippen LogP contribution in [0.3, 0.4) is 0 Å². The molecular formula is C17H19BrN2O. The number of halogens is 1. The zero-order chi connectivity index (χ0) is 14.7. The molecule has 21 heavy (non-hydrogen) atoms. The standard InChI is InChI=1S/C17H19BrN2O/c18-14-4-2-5-15(11-14)21-10-9-20-8-7-16-13(12-20)3-1-6-17(16)19/h1-6,11H,7-10,12,19H2. The molecule has 0 bridgehead atoms. The molecule has 0 unspecified atom stereocenters. The molecule has 110 valence electrons. The number of nitrogens with two attached hydrogens (primary N) is 1. The molecule has 3 nitrogen and oxygen atoms in total. The molecule has 0 radical (unpaired) electrons. The molecule has 0 saturated carbocycles. The molecule has 3 rings (SSSR count). The molecule has 0 atom stereocenters. The van der Waals surface area contributed by atoms with Gasteiger partial charge in [0.05, 0.1) is 0 Å². The first-order valence-electron chi connectivity index (χ1n) is 7.19. The van der Waals surface area contributed by atoms with Gasteiger partial charge < -0.3 is 10.5 Å². The van der Waals surface area contributed by atoms with Crippen molar-refractivity contribution in [1.29, 1.82) is 0 Å². The Morgan fingerprint density at radius 2 is 2.05 bits per heavy atom. The number of hydrogen-bond donors (Lipinski definition) is 1. The van der Waals surface area contributed by atoms with E-state index in [2.05, 4.69) is 26.9 Å². The smallest absolute Gasteiger partial charge is 0.120 e. The summed E-state index contributed by atoms with van der Waals surface area (Å²) in [5.74, 6) is 0.908. The van der Waals surface area contributed by atoms with Crippen molar-refractivity contribution in [2.45, 2.75) is 13.0 Å². The quantitative estimate of drug-likeness (QED) is 0.861. The molecule has 0 aliphatic carbocycles. The summed E-state index contributed by atoms with van der Waals surface area (Å²) >= 11 is 3.45. The van der Waals surface area contributed by atoms with Crippen LogP contribution in [0.1, 0.15) is 11.1 Å². The van der Waals surface area contributed by atoms with E-state index in [1.54, 1.807) is 0 Å². The molecule has 1 heterocycles. The van der Waals surface area contributed by atoms with Gasteiger partial charge in [-0.15, -0.1) is 0 Å². The van der Waals surface area contributed by atoms with Crippen LogP contribution in [0.4, 0.5) is 5.69 Å². The minimum atomic E-state index is 0.702. The van der Waals surface area contributed by atoms with Gasteiger partial charge in [0.25, 0.3) is 0 Å². The maximum Gasteiger partial charge on any atom is 0.120 e. The molecule has 0 spiro atoms. The Morgan fingerprint density at radius 1 is 1.19 bits per heavy atom. The summed E-state index contributed by atoms with van der Waals surface area (Å²) < 4.78 is 6.85. The van der Waals surface area contributed by atoms with Crippen molar-refractivity contribution in [2.24, 2.45) is 0 Å². The monoisotopic (exact) mass is 346 g/mol. The third kappa shape index (κ3) is 3.57. The van der Waals surface area contributed by atoms with Crippen LogP contribution in [0.2, 0.25) is 0 Å². The maximum atomic E-state index is 6.03. The summed E-state index contributed by atoms with van der Waals surface area (Å²) in [5, 5.41) is 0. The number of nitrogens with zero attached hydrogens (tertiary/aromatic N) is 1. The van der Waals surface area contributed by atoms with E-state index < -0.39 is 0 Å². The highest BCUT2D eigenvalue weighted by molar-refractivity contribution is 9.10. The van der Waals surface area contributed by atoms with Crippen LogP contribution in [-0.4, -0.2) is 24.6 Å². The largest absolute Gasteiger partial charge is 0.492 e. The van der Waals surface area contributed by atoms with Gasteiger partial charge in [0.15, 0.2) is 0 Å². The van der Waals surface area contributed by atoms with Gasteiger partial charge in [0.1, 0.15) is 12.4 Å². The third-order valence-electron chi connectivity index (χ3n) is 3.85. The van der Waals surface area contributed by atoms with Gasteiger partial charge in [-0.25, -0.2) is 0 Å². The Morgan fingerprint density at radius 3 is 2.90 bits per heavy atom. The van der Waals surface area contributed by atoms with Crippen LogP contribution in [0.5, 0.6) is 5.75 Å². The third-order valence-corrected chi connectivity index (χ3v) is 4.35. The van der Waals surface area contributed by atoms with E-state index >= 15 is 0 Å². The van der Waals surface area contributed by atoms with Crippen LogP contribution in [0, 0.1) is 0 Å². The first kappa shape index (κ1) is 14.4. The van der Waals surface area contributed by atoms with Gasteiger partial charge in [0, 0.05) is 29.8 Å². The number of fused-ring (bicyclic) bond motifs is 1.